The standard InChI is InChI=1S/C20H27NO3/c1-18-7-6-14-12(13(18)3-4-15(18)22)5-8-20-17(24-20)16(23)11(10-21)9-19(14,20)2/h12-15,17,22-23H,3-9H2,1-2H3/t12-,13-,14-,15+,17-,18+,19-,20-/m1/s1. The minimum atomic E-state index is -0.241. The minimum absolute atomic E-state index is 0.0489. The van der Waals surface area contributed by atoms with Crippen LogP contribution in [0.15, 0.2) is 11.3 Å². The van der Waals surface area contributed by atoms with Gasteiger partial charge in [0.1, 0.15) is 17.5 Å². The number of rotatable bonds is 0. The number of fused-ring (bicyclic) bond motifs is 4. The monoisotopic (exact) mass is 329 g/mol. The quantitative estimate of drug-likeness (QED) is 0.667. The Bertz CT molecular complexity index is 681. The van der Waals surface area contributed by atoms with Crippen molar-refractivity contribution in [3.63, 3.8) is 0 Å². The highest BCUT2D eigenvalue weighted by Gasteiger charge is 2.76. The Balaban J connectivity index is 1.55. The molecule has 2 N–H and O–H groups in total. The summed E-state index contributed by atoms with van der Waals surface area (Å²) >= 11 is 0. The fourth-order valence-electron chi connectivity index (χ4n) is 7.50. The fourth-order valence-corrected chi connectivity index (χ4v) is 7.50. The van der Waals surface area contributed by atoms with Crippen molar-refractivity contribution >= 4 is 0 Å². The highest BCUT2D eigenvalue weighted by molar-refractivity contribution is 5.41. The first-order chi connectivity index (χ1) is 11.4. The number of aliphatic hydroxyl groups excluding tert-OH is 2. The number of hydrogen-bond acceptors (Lipinski definition) is 4. The number of hydrogen-bond donors (Lipinski definition) is 2. The van der Waals surface area contributed by atoms with Crippen molar-refractivity contribution in [3.05, 3.63) is 11.3 Å². The minimum Gasteiger partial charge on any atom is -0.508 e. The first-order valence-electron chi connectivity index (χ1n) is 9.55. The van der Waals surface area contributed by atoms with E-state index in [0.717, 1.165) is 38.5 Å². The number of ether oxygens (including phenoxy) is 1. The van der Waals surface area contributed by atoms with Gasteiger partial charge in [-0.05, 0) is 68.1 Å². The van der Waals surface area contributed by atoms with Gasteiger partial charge in [0.15, 0.2) is 0 Å². The van der Waals surface area contributed by atoms with E-state index in [1.165, 1.54) is 0 Å². The molecular formula is C20H27NO3. The third-order valence-corrected chi connectivity index (χ3v) is 8.95. The molecule has 1 saturated heterocycles. The van der Waals surface area contributed by atoms with Gasteiger partial charge in [-0.2, -0.15) is 5.26 Å². The summed E-state index contributed by atoms with van der Waals surface area (Å²) < 4.78 is 6.11. The number of allylic oxidation sites excluding steroid dienone is 1. The molecule has 24 heavy (non-hydrogen) atoms. The molecule has 0 aromatic heterocycles. The van der Waals surface area contributed by atoms with Crippen molar-refractivity contribution in [1.29, 1.82) is 5.26 Å². The first kappa shape index (κ1) is 15.2. The van der Waals surface area contributed by atoms with Gasteiger partial charge < -0.3 is 14.9 Å². The Kier molecular flexibility index (Phi) is 2.77. The van der Waals surface area contributed by atoms with Gasteiger partial charge >= 0.3 is 0 Å². The highest BCUT2D eigenvalue weighted by atomic mass is 16.6. The van der Waals surface area contributed by atoms with Gasteiger partial charge in [0.2, 0.25) is 0 Å². The Labute approximate surface area is 143 Å². The summed E-state index contributed by atoms with van der Waals surface area (Å²) in [6.07, 6.45) is 6.65. The smallest absolute Gasteiger partial charge is 0.146 e. The van der Waals surface area contributed by atoms with Gasteiger partial charge in [-0.25, -0.2) is 0 Å². The lowest BCUT2D eigenvalue weighted by Gasteiger charge is -2.58. The van der Waals surface area contributed by atoms with E-state index in [9.17, 15) is 15.5 Å². The highest BCUT2D eigenvalue weighted by Crippen LogP contribution is 2.73. The molecule has 1 aliphatic heterocycles. The van der Waals surface area contributed by atoms with Crippen LogP contribution in [-0.4, -0.2) is 28.0 Å². The second-order valence-electron chi connectivity index (χ2n) is 9.51. The molecule has 0 unspecified atom stereocenters. The van der Waals surface area contributed by atoms with Crippen LogP contribution in [0.5, 0.6) is 0 Å². The summed E-state index contributed by atoms with van der Waals surface area (Å²) in [5, 5.41) is 30.4. The van der Waals surface area contributed by atoms with Gasteiger partial charge in [0.05, 0.1) is 17.7 Å². The summed E-state index contributed by atoms with van der Waals surface area (Å²) in [5.74, 6) is 1.96. The fraction of sp³-hybridized carbons (Fsp3) is 0.850. The maximum atomic E-state index is 10.5. The van der Waals surface area contributed by atoms with Crippen LogP contribution in [0.3, 0.4) is 0 Å². The molecule has 130 valence electrons. The van der Waals surface area contributed by atoms with Crippen LogP contribution in [0.1, 0.15) is 58.8 Å². The van der Waals surface area contributed by atoms with E-state index < -0.39 is 0 Å². The molecule has 0 aromatic carbocycles. The maximum absolute atomic E-state index is 10.5. The average Bonchev–Trinajstić information content (AvgIpc) is 3.23. The molecule has 5 rings (SSSR count). The van der Waals surface area contributed by atoms with Crippen LogP contribution in [0.25, 0.3) is 0 Å². The normalized spacial score (nSPS) is 58.2. The van der Waals surface area contributed by atoms with Crippen LogP contribution in [0.2, 0.25) is 0 Å². The van der Waals surface area contributed by atoms with E-state index in [1.807, 2.05) is 0 Å². The summed E-state index contributed by atoms with van der Waals surface area (Å²) in [6, 6.07) is 2.23. The number of aliphatic hydroxyl groups is 2. The molecule has 0 radical (unpaired) electrons. The molecule has 4 fully saturated rings. The topological polar surface area (TPSA) is 76.8 Å². The van der Waals surface area contributed by atoms with Crippen molar-refractivity contribution in [3.8, 4) is 6.07 Å². The van der Waals surface area contributed by atoms with E-state index in [2.05, 4.69) is 19.9 Å². The van der Waals surface area contributed by atoms with E-state index in [1.54, 1.807) is 0 Å². The van der Waals surface area contributed by atoms with Gasteiger partial charge in [0, 0.05) is 5.41 Å². The lowest BCUT2D eigenvalue weighted by Crippen LogP contribution is -2.57. The predicted octanol–water partition coefficient (Wildman–Crippen LogP) is 3.47. The van der Waals surface area contributed by atoms with Crippen molar-refractivity contribution in [2.24, 2.45) is 28.6 Å². The molecule has 4 nitrogen and oxygen atoms in total. The predicted molar refractivity (Wildman–Crippen MR) is 87.9 cm³/mol. The molecule has 3 saturated carbocycles. The largest absolute Gasteiger partial charge is 0.508 e. The lowest BCUT2D eigenvalue weighted by atomic mass is 9.45. The Hall–Kier alpha value is -1.05. The van der Waals surface area contributed by atoms with E-state index >= 15 is 0 Å². The molecule has 4 heteroatoms. The lowest BCUT2D eigenvalue weighted by molar-refractivity contribution is -0.116. The van der Waals surface area contributed by atoms with Crippen molar-refractivity contribution in [1.82, 2.24) is 0 Å². The van der Waals surface area contributed by atoms with E-state index in [4.69, 9.17) is 4.74 Å². The molecular weight excluding hydrogens is 302 g/mol. The number of nitriles is 1. The third-order valence-electron chi connectivity index (χ3n) is 8.95. The maximum Gasteiger partial charge on any atom is 0.146 e. The molecule has 0 aromatic rings. The van der Waals surface area contributed by atoms with E-state index in [-0.39, 0.29) is 34.4 Å². The molecule has 5 aliphatic rings. The third kappa shape index (κ3) is 1.48. The summed E-state index contributed by atoms with van der Waals surface area (Å²) in [6.45, 7) is 4.60. The van der Waals surface area contributed by atoms with Crippen LogP contribution < -0.4 is 0 Å². The van der Waals surface area contributed by atoms with Crippen LogP contribution >= 0.6 is 0 Å². The van der Waals surface area contributed by atoms with Crippen molar-refractivity contribution in [2.45, 2.75) is 76.6 Å². The van der Waals surface area contributed by atoms with Crippen LogP contribution in [0.4, 0.5) is 0 Å². The molecule has 1 heterocycles. The molecule has 8 atom stereocenters. The zero-order valence-electron chi connectivity index (χ0n) is 14.6. The number of epoxide rings is 1. The van der Waals surface area contributed by atoms with Gasteiger partial charge in [-0.3, -0.25) is 0 Å². The van der Waals surface area contributed by atoms with Crippen LogP contribution in [0, 0.1) is 39.9 Å². The Morgan fingerprint density at radius 1 is 1.12 bits per heavy atom. The Morgan fingerprint density at radius 2 is 1.92 bits per heavy atom. The molecule has 1 spiro atoms. The first-order valence-corrected chi connectivity index (χ1v) is 9.55. The van der Waals surface area contributed by atoms with Crippen LogP contribution in [-0.2, 0) is 4.74 Å². The molecule has 0 amide bonds. The zero-order chi connectivity index (χ0) is 16.9. The summed E-state index contributed by atoms with van der Waals surface area (Å²) in [7, 11) is 0. The van der Waals surface area contributed by atoms with Crippen molar-refractivity contribution < 1.29 is 14.9 Å². The van der Waals surface area contributed by atoms with Gasteiger partial charge in [-0.15, -0.1) is 0 Å². The molecule has 0 bridgehead atoms. The van der Waals surface area contributed by atoms with E-state index in [0.29, 0.717) is 29.7 Å². The van der Waals surface area contributed by atoms with Gasteiger partial charge in [0.25, 0.3) is 0 Å². The van der Waals surface area contributed by atoms with Crippen molar-refractivity contribution in [2.75, 3.05) is 0 Å². The number of nitrogens with zero attached hydrogens (tertiary/aromatic N) is 1. The second-order valence-corrected chi connectivity index (χ2v) is 9.51. The second kappa shape index (κ2) is 4.37. The summed E-state index contributed by atoms with van der Waals surface area (Å²) in [4.78, 5) is 0. The van der Waals surface area contributed by atoms with Gasteiger partial charge in [-0.1, -0.05) is 13.8 Å². The SMILES string of the molecule is C[C@]12CC[C@@H]3[C@H](CC[C@@]45O[C@@H]4C(O)=C(C#N)C[C@]35C)[C@H]1CC[C@@H]2O. The molecule has 4 aliphatic carbocycles. The average molecular weight is 329 g/mol. The Morgan fingerprint density at radius 3 is 2.67 bits per heavy atom. The zero-order valence-corrected chi connectivity index (χ0v) is 14.6. The summed E-state index contributed by atoms with van der Waals surface area (Å²) in [5.41, 5.74) is 0.336.